The van der Waals surface area contributed by atoms with Gasteiger partial charge in [0.05, 0.1) is 22.4 Å². The third-order valence-corrected chi connectivity index (χ3v) is 7.92. The van der Waals surface area contributed by atoms with Gasteiger partial charge in [0, 0.05) is 30.7 Å². The first-order valence-electron chi connectivity index (χ1n) is 14.4. The topological polar surface area (TPSA) is 134 Å². The van der Waals surface area contributed by atoms with Crippen LogP contribution in [0.25, 0.3) is 50.5 Å². The van der Waals surface area contributed by atoms with Crippen LogP contribution in [0.2, 0.25) is 0 Å². The Balaban J connectivity index is 1.20. The fraction of sp³-hybridized carbons (Fsp3) is 0.281. The van der Waals surface area contributed by atoms with E-state index in [-0.39, 0.29) is 0 Å². The lowest BCUT2D eigenvalue weighted by Crippen LogP contribution is -2.23. The lowest BCUT2D eigenvalue weighted by molar-refractivity contribution is 0.503. The van der Waals surface area contributed by atoms with E-state index >= 15 is 0 Å². The van der Waals surface area contributed by atoms with E-state index in [1.54, 1.807) is 18.6 Å². The summed E-state index contributed by atoms with van der Waals surface area (Å²) < 4.78 is 0. The van der Waals surface area contributed by atoms with Gasteiger partial charge in [0.2, 0.25) is 0 Å². The minimum atomic E-state index is 0.616. The van der Waals surface area contributed by atoms with Gasteiger partial charge in [-0.2, -0.15) is 5.10 Å². The van der Waals surface area contributed by atoms with Gasteiger partial charge in [-0.3, -0.25) is 15.1 Å². The fourth-order valence-electron chi connectivity index (χ4n) is 5.63. The summed E-state index contributed by atoms with van der Waals surface area (Å²) in [5.74, 6) is 1.41. The van der Waals surface area contributed by atoms with E-state index in [1.807, 2.05) is 36.4 Å². The highest BCUT2D eigenvalue weighted by Crippen LogP contribution is 2.32. The van der Waals surface area contributed by atoms with Crippen LogP contribution < -0.4 is 11.1 Å². The van der Waals surface area contributed by atoms with Crippen LogP contribution in [0.1, 0.15) is 44.2 Å². The van der Waals surface area contributed by atoms with Crippen LogP contribution in [0.4, 0.5) is 0 Å². The first-order valence-corrected chi connectivity index (χ1v) is 14.4. The average molecular weight is 544 g/mol. The van der Waals surface area contributed by atoms with E-state index < -0.39 is 0 Å². The molecule has 7 rings (SSSR count). The normalized spacial score (nSPS) is 16.2. The molecular formula is C32H33N9. The lowest BCUT2D eigenvalue weighted by Gasteiger charge is -2.12. The van der Waals surface area contributed by atoms with Crippen LogP contribution in [0.5, 0.6) is 0 Å². The van der Waals surface area contributed by atoms with Crippen molar-refractivity contribution in [1.82, 2.24) is 40.4 Å². The van der Waals surface area contributed by atoms with Crippen molar-refractivity contribution in [3.8, 4) is 22.9 Å². The number of aromatic nitrogens is 7. The Morgan fingerprint density at radius 1 is 0.951 bits per heavy atom. The van der Waals surface area contributed by atoms with Crippen LogP contribution in [-0.2, 0) is 0 Å². The summed E-state index contributed by atoms with van der Waals surface area (Å²) in [6, 6.07) is 11.6. The number of allylic oxidation sites excluding steroid dienone is 3. The average Bonchev–Trinajstić information content (AvgIpc) is 3.37. The van der Waals surface area contributed by atoms with E-state index in [0.717, 1.165) is 63.7 Å². The van der Waals surface area contributed by atoms with Crippen LogP contribution in [0.15, 0.2) is 78.3 Å². The maximum absolute atomic E-state index is 6.18. The van der Waals surface area contributed by atoms with Crippen molar-refractivity contribution in [2.45, 2.75) is 38.5 Å². The molecule has 206 valence electrons. The molecule has 0 saturated heterocycles. The first-order chi connectivity index (χ1) is 20.2. The predicted molar refractivity (Wildman–Crippen MR) is 162 cm³/mol. The van der Waals surface area contributed by atoms with E-state index in [2.05, 4.69) is 42.6 Å². The highest BCUT2D eigenvalue weighted by atomic mass is 15.2. The van der Waals surface area contributed by atoms with Gasteiger partial charge in [0.15, 0.2) is 11.5 Å². The molecule has 2 aliphatic carbocycles. The van der Waals surface area contributed by atoms with E-state index in [9.17, 15) is 0 Å². The quantitative estimate of drug-likeness (QED) is 0.176. The minimum Gasteiger partial charge on any atom is -0.404 e. The number of pyridine rings is 3. The number of rotatable bonds is 9. The van der Waals surface area contributed by atoms with Gasteiger partial charge in [-0.25, -0.2) is 9.97 Å². The summed E-state index contributed by atoms with van der Waals surface area (Å²) >= 11 is 0. The van der Waals surface area contributed by atoms with Crippen molar-refractivity contribution in [2.75, 3.05) is 13.1 Å². The maximum atomic E-state index is 6.18. The number of fused-ring (bicyclic) bond motifs is 2. The number of nitrogens with two attached hydrogens (primary N) is 1. The third kappa shape index (κ3) is 5.40. The molecule has 2 fully saturated rings. The zero-order valence-corrected chi connectivity index (χ0v) is 22.9. The largest absolute Gasteiger partial charge is 0.404 e. The van der Waals surface area contributed by atoms with Gasteiger partial charge < -0.3 is 16.0 Å². The molecule has 9 nitrogen and oxygen atoms in total. The number of hydrogen-bond acceptors (Lipinski definition) is 7. The highest BCUT2D eigenvalue weighted by Gasteiger charge is 2.19. The smallest absolute Gasteiger partial charge is 0.161 e. The molecule has 5 N–H and O–H groups in total. The molecular weight excluding hydrogens is 510 g/mol. The number of H-pyrrole nitrogens is 2. The number of aromatic amines is 2. The van der Waals surface area contributed by atoms with Crippen molar-refractivity contribution < 1.29 is 0 Å². The molecule has 2 saturated carbocycles. The molecule has 5 aromatic rings. The molecule has 5 aromatic heterocycles. The molecule has 5 heterocycles. The van der Waals surface area contributed by atoms with E-state index in [4.69, 9.17) is 15.7 Å². The van der Waals surface area contributed by atoms with Crippen molar-refractivity contribution >= 4 is 27.6 Å². The second-order valence-corrected chi connectivity index (χ2v) is 10.9. The Morgan fingerprint density at radius 2 is 1.83 bits per heavy atom. The highest BCUT2D eigenvalue weighted by molar-refractivity contribution is 5.94. The second kappa shape index (κ2) is 11.1. The van der Waals surface area contributed by atoms with Crippen LogP contribution in [0.3, 0.4) is 0 Å². The summed E-state index contributed by atoms with van der Waals surface area (Å²) in [7, 11) is 0. The Labute approximate surface area is 238 Å². The Bertz CT molecular complexity index is 1780. The molecule has 41 heavy (non-hydrogen) atoms. The summed E-state index contributed by atoms with van der Waals surface area (Å²) in [5, 5.41) is 11.4. The standard InChI is InChI=1S/C32H33N9/c33-17-23(16-22(15-20-8-9-20)19-34-18-21-5-1-2-6-21)24-10-11-27-30(37-24)31(41-40-27)32-38-26-12-14-36-28(29(26)39-32)25-7-3-4-13-35-25/h3-4,7,10-17,21,34H,1-2,5-6,8-9,18-19,33H2,(H,38,39)(H,40,41)/b22-16+,23-17+. The molecule has 9 heteroatoms. The first kappa shape index (κ1) is 25.3. The van der Waals surface area contributed by atoms with Gasteiger partial charge in [-0.15, -0.1) is 0 Å². The summed E-state index contributed by atoms with van der Waals surface area (Å²) in [6.45, 7) is 1.89. The van der Waals surface area contributed by atoms with E-state index in [1.165, 1.54) is 49.7 Å². The fourth-order valence-corrected chi connectivity index (χ4v) is 5.63. The van der Waals surface area contributed by atoms with Gasteiger partial charge in [0.1, 0.15) is 16.7 Å². The summed E-state index contributed by atoms with van der Waals surface area (Å²) in [6.07, 6.45) is 17.4. The molecule has 0 radical (unpaired) electrons. The molecule has 0 aliphatic heterocycles. The minimum absolute atomic E-state index is 0.616. The van der Waals surface area contributed by atoms with Gasteiger partial charge >= 0.3 is 0 Å². The Kier molecular flexibility index (Phi) is 6.86. The van der Waals surface area contributed by atoms with Crippen molar-refractivity contribution in [1.29, 1.82) is 0 Å². The third-order valence-electron chi connectivity index (χ3n) is 7.92. The molecule has 0 aromatic carbocycles. The number of nitrogens with zero attached hydrogens (tertiary/aromatic N) is 5. The number of imidazole rings is 1. The van der Waals surface area contributed by atoms with Crippen molar-refractivity contribution in [2.24, 2.45) is 11.7 Å². The SMILES string of the molecule is N/C=C(\C=C(/C=C1CC1)CNCC1CCCC1)c1ccc2[nH]nc(-c3nc4c(-c5ccccn5)nccc4[nH]3)c2n1. The second-order valence-electron chi connectivity index (χ2n) is 10.9. The lowest BCUT2D eigenvalue weighted by atomic mass is 10.1. The maximum Gasteiger partial charge on any atom is 0.161 e. The molecule has 0 bridgehead atoms. The van der Waals surface area contributed by atoms with E-state index in [0.29, 0.717) is 11.5 Å². The molecule has 2 aliphatic rings. The van der Waals surface area contributed by atoms with Crippen LogP contribution in [0, 0.1) is 5.92 Å². The zero-order valence-electron chi connectivity index (χ0n) is 22.9. The van der Waals surface area contributed by atoms with Gasteiger partial charge in [0.25, 0.3) is 0 Å². The molecule has 0 spiro atoms. The summed E-state index contributed by atoms with van der Waals surface area (Å²) in [4.78, 5) is 22.3. The predicted octanol–water partition coefficient (Wildman–Crippen LogP) is 5.68. The van der Waals surface area contributed by atoms with Crippen LogP contribution in [-0.4, -0.2) is 48.2 Å². The number of nitrogens with one attached hydrogen (secondary N) is 3. The molecule has 0 unspecified atom stereocenters. The Hall–Kier alpha value is -4.63. The Morgan fingerprint density at radius 3 is 2.63 bits per heavy atom. The van der Waals surface area contributed by atoms with Gasteiger partial charge in [-0.05, 0) is 80.1 Å². The zero-order chi connectivity index (χ0) is 27.6. The van der Waals surface area contributed by atoms with Crippen LogP contribution >= 0.6 is 0 Å². The monoisotopic (exact) mass is 543 g/mol. The molecule has 0 amide bonds. The van der Waals surface area contributed by atoms with Gasteiger partial charge in [-0.1, -0.05) is 30.6 Å². The molecule has 0 atom stereocenters. The number of hydrogen-bond donors (Lipinski definition) is 4. The van der Waals surface area contributed by atoms with Crippen molar-refractivity contribution in [3.63, 3.8) is 0 Å². The van der Waals surface area contributed by atoms with Crippen molar-refractivity contribution in [3.05, 3.63) is 84.0 Å². The summed E-state index contributed by atoms with van der Waals surface area (Å²) in [5.41, 5.74) is 15.8.